The Morgan fingerprint density at radius 3 is 2.45 bits per heavy atom. The molecular weight excluding hydrogens is 310 g/mol. The molecule has 0 atom stereocenters. The lowest BCUT2D eigenvalue weighted by Crippen LogP contribution is -2.14. The largest absolute Gasteiger partial charge is 0.506 e. The molecule has 0 amide bonds. The highest BCUT2D eigenvalue weighted by Crippen LogP contribution is 2.27. The molecule has 0 heterocycles. The number of carbonyl (C=O) groups is 1. The number of aromatic hydroxyl groups is 1. The van der Waals surface area contributed by atoms with Gasteiger partial charge in [0.05, 0.1) is 17.7 Å². The molecule has 0 unspecified atom stereocenters. The van der Waals surface area contributed by atoms with Crippen LogP contribution in [0.3, 0.4) is 0 Å². The maximum absolute atomic E-state index is 12.3. The molecular formula is C14H13NO6S. The number of methoxy groups -OCH3 is 1. The first-order valence-electron chi connectivity index (χ1n) is 6.07. The molecule has 8 heteroatoms. The highest BCUT2D eigenvalue weighted by molar-refractivity contribution is 7.92. The third-order valence-corrected chi connectivity index (χ3v) is 4.22. The van der Waals surface area contributed by atoms with E-state index in [1.54, 1.807) is 12.1 Å². The fourth-order valence-electron chi connectivity index (χ4n) is 1.79. The van der Waals surface area contributed by atoms with E-state index in [1.165, 1.54) is 31.4 Å². The van der Waals surface area contributed by atoms with Crippen LogP contribution in [0.5, 0.6) is 11.5 Å². The second kappa shape index (κ2) is 5.94. The van der Waals surface area contributed by atoms with Crippen LogP contribution in [0.4, 0.5) is 5.69 Å². The monoisotopic (exact) mass is 323 g/mol. The predicted octanol–water partition coefficient (Wildman–Crippen LogP) is 1.90. The van der Waals surface area contributed by atoms with Crippen molar-refractivity contribution in [2.75, 3.05) is 11.8 Å². The van der Waals surface area contributed by atoms with Crippen molar-refractivity contribution in [2.24, 2.45) is 0 Å². The molecule has 22 heavy (non-hydrogen) atoms. The van der Waals surface area contributed by atoms with Gasteiger partial charge in [-0.25, -0.2) is 13.2 Å². The normalized spacial score (nSPS) is 11.0. The third kappa shape index (κ3) is 3.12. The molecule has 0 bridgehead atoms. The summed E-state index contributed by atoms with van der Waals surface area (Å²) in [5, 5.41) is 18.7. The maximum atomic E-state index is 12.3. The fourth-order valence-corrected chi connectivity index (χ4v) is 2.89. The number of anilines is 1. The van der Waals surface area contributed by atoms with Crippen molar-refractivity contribution in [3.63, 3.8) is 0 Å². The van der Waals surface area contributed by atoms with Gasteiger partial charge in [-0.15, -0.1) is 0 Å². The predicted molar refractivity (Wildman–Crippen MR) is 78.9 cm³/mol. The summed E-state index contributed by atoms with van der Waals surface area (Å²) in [4.78, 5) is 10.9. The standard InChI is InChI=1S/C14H13NO6S/c1-21-13-7-6-9(8-10(13)14(17)18)22(19,20)15-11-4-2-3-5-12(11)16/h2-8,15-16H,1H3,(H,17,18). The quantitative estimate of drug-likeness (QED) is 0.724. The van der Waals surface area contributed by atoms with E-state index in [4.69, 9.17) is 9.84 Å². The van der Waals surface area contributed by atoms with E-state index < -0.39 is 16.0 Å². The van der Waals surface area contributed by atoms with Crippen LogP contribution in [-0.4, -0.2) is 31.7 Å². The van der Waals surface area contributed by atoms with E-state index in [-0.39, 0.29) is 27.6 Å². The molecule has 0 saturated carbocycles. The molecule has 0 aliphatic rings. The van der Waals surface area contributed by atoms with E-state index in [9.17, 15) is 18.3 Å². The second-order valence-electron chi connectivity index (χ2n) is 4.29. The first-order chi connectivity index (χ1) is 10.3. The van der Waals surface area contributed by atoms with Gasteiger partial charge in [0.15, 0.2) is 0 Å². The Balaban J connectivity index is 2.44. The molecule has 3 N–H and O–H groups in total. The number of carboxylic acid groups (broad SMARTS) is 1. The van der Waals surface area contributed by atoms with Crippen LogP contribution in [0, 0.1) is 0 Å². The summed E-state index contributed by atoms with van der Waals surface area (Å²) in [5.41, 5.74) is -0.280. The first kappa shape index (κ1) is 15.6. The highest BCUT2D eigenvalue weighted by Gasteiger charge is 2.20. The number of phenolic OH excluding ortho intramolecular Hbond substituents is 1. The molecule has 0 aliphatic heterocycles. The van der Waals surface area contributed by atoms with Crippen LogP contribution < -0.4 is 9.46 Å². The molecule has 0 aliphatic carbocycles. The highest BCUT2D eigenvalue weighted by atomic mass is 32.2. The number of sulfonamides is 1. The van der Waals surface area contributed by atoms with Gasteiger partial charge in [0.2, 0.25) is 0 Å². The molecule has 0 radical (unpaired) electrons. The number of phenols is 1. The molecule has 2 rings (SSSR count). The van der Waals surface area contributed by atoms with E-state index in [1.807, 2.05) is 0 Å². The van der Waals surface area contributed by atoms with Crippen LogP contribution in [0.25, 0.3) is 0 Å². The number of para-hydroxylation sites is 2. The zero-order chi connectivity index (χ0) is 16.3. The molecule has 116 valence electrons. The van der Waals surface area contributed by atoms with E-state index in [2.05, 4.69) is 4.72 Å². The number of aromatic carboxylic acids is 1. The second-order valence-corrected chi connectivity index (χ2v) is 5.97. The Labute approximate surface area is 126 Å². The van der Waals surface area contributed by atoms with Crippen LogP contribution in [0.2, 0.25) is 0 Å². The smallest absolute Gasteiger partial charge is 0.339 e. The maximum Gasteiger partial charge on any atom is 0.339 e. The number of benzene rings is 2. The van der Waals surface area contributed by atoms with Gasteiger partial charge in [-0.05, 0) is 30.3 Å². The van der Waals surface area contributed by atoms with Crippen LogP contribution >= 0.6 is 0 Å². The number of carboxylic acids is 1. The topological polar surface area (TPSA) is 113 Å². The Kier molecular flexibility index (Phi) is 4.22. The number of hydrogen-bond donors (Lipinski definition) is 3. The average molecular weight is 323 g/mol. The lowest BCUT2D eigenvalue weighted by atomic mass is 10.2. The van der Waals surface area contributed by atoms with Crippen LogP contribution in [-0.2, 0) is 10.0 Å². The van der Waals surface area contributed by atoms with Gasteiger partial charge in [-0.3, -0.25) is 4.72 Å². The van der Waals surface area contributed by atoms with Gasteiger partial charge in [0.1, 0.15) is 17.1 Å². The molecule has 0 fully saturated rings. The Bertz CT molecular complexity index is 816. The summed E-state index contributed by atoms with van der Waals surface area (Å²) in [5.74, 6) is -1.50. The van der Waals surface area contributed by atoms with Gasteiger partial charge in [-0.2, -0.15) is 0 Å². The Hall–Kier alpha value is -2.74. The van der Waals surface area contributed by atoms with Gasteiger partial charge in [-0.1, -0.05) is 12.1 Å². The zero-order valence-electron chi connectivity index (χ0n) is 11.5. The molecule has 2 aromatic rings. The molecule has 7 nitrogen and oxygen atoms in total. The van der Waals surface area contributed by atoms with Gasteiger partial charge < -0.3 is 14.9 Å². The number of nitrogens with one attached hydrogen (secondary N) is 1. The zero-order valence-corrected chi connectivity index (χ0v) is 12.3. The van der Waals surface area contributed by atoms with Gasteiger partial charge in [0, 0.05) is 0 Å². The summed E-state index contributed by atoms with van der Waals surface area (Å²) < 4.78 is 31.6. The number of ether oxygens (including phenoxy) is 1. The van der Waals surface area contributed by atoms with E-state index in [0.29, 0.717) is 0 Å². The molecule has 2 aromatic carbocycles. The Morgan fingerprint density at radius 1 is 1.18 bits per heavy atom. The fraction of sp³-hybridized carbons (Fsp3) is 0.0714. The lowest BCUT2D eigenvalue weighted by molar-refractivity contribution is 0.0693. The lowest BCUT2D eigenvalue weighted by Gasteiger charge is -2.11. The van der Waals surface area contributed by atoms with Crippen LogP contribution in [0.1, 0.15) is 10.4 Å². The SMILES string of the molecule is COc1ccc(S(=O)(=O)Nc2ccccc2O)cc1C(=O)O. The molecule has 0 saturated heterocycles. The minimum Gasteiger partial charge on any atom is -0.506 e. The van der Waals surface area contributed by atoms with Crippen molar-refractivity contribution in [2.45, 2.75) is 4.90 Å². The summed E-state index contributed by atoms with van der Waals surface area (Å²) in [7, 11) is -2.76. The summed E-state index contributed by atoms with van der Waals surface area (Å²) in [6, 6.07) is 9.26. The Morgan fingerprint density at radius 2 is 1.86 bits per heavy atom. The average Bonchev–Trinajstić information content (AvgIpc) is 2.48. The van der Waals surface area contributed by atoms with Crippen molar-refractivity contribution < 1.29 is 28.2 Å². The van der Waals surface area contributed by atoms with Crippen molar-refractivity contribution in [1.82, 2.24) is 0 Å². The van der Waals surface area contributed by atoms with E-state index in [0.717, 1.165) is 6.07 Å². The van der Waals surface area contributed by atoms with Gasteiger partial charge >= 0.3 is 5.97 Å². The summed E-state index contributed by atoms with van der Waals surface area (Å²) >= 11 is 0. The number of rotatable bonds is 5. The first-order valence-corrected chi connectivity index (χ1v) is 7.55. The minimum absolute atomic E-state index is 0.00445. The van der Waals surface area contributed by atoms with Gasteiger partial charge in [0.25, 0.3) is 10.0 Å². The number of hydrogen-bond acceptors (Lipinski definition) is 5. The molecule has 0 aromatic heterocycles. The van der Waals surface area contributed by atoms with Crippen LogP contribution in [0.15, 0.2) is 47.4 Å². The summed E-state index contributed by atoms with van der Waals surface area (Å²) in [6.07, 6.45) is 0. The molecule has 0 spiro atoms. The minimum atomic E-state index is -4.05. The summed E-state index contributed by atoms with van der Waals surface area (Å²) in [6.45, 7) is 0. The third-order valence-electron chi connectivity index (χ3n) is 2.86. The van der Waals surface area contributed by atoms with Crippen molar-refractivity contribution in [3.05, 3.63) is 48.0 Å². The van der Waals surface area contributed by atoms with Crippen molar-refractivity contribution in [1.29, 1.82) is 0 Å². The van der Waals surface area contributed by atoms with Crippen molar-refractivity contribution in [3.8, 4) is 11.5 Å². The van der Waals surface area contributed by atoms with Crippen molar-refractivity contribution >= 4 is 21.7 Å². The van der Waals surface area contributed by atoms with E-state index >= 15 is 0 Å².